The summed E-state index contributed by atoms with van der Waals surface area (Å²) in [7, 11) is 0. The zero-order chi connectivity index (χ0) is 15.0. The Hall–Kier alpha value is -1.10. The number of carbonyl (C=O) groups excluding carboxylic acids is 2. The van der Waals surface area contributed by atoms with E-state index in [1.54, 1.807) is 0 Å². The van der Waals surface area contributed by atoms with Crippen LogP contribution >= 0.6 is 0 Å². The van der Waals surface area contributed by atoms with Crippen LogP contribution in [-0.2, 0) is 19.1 Å². The van der Waals surface area contributed by atoms with Gasteiger partial charge in [-0.25, -0.2) is 0 Å². The average molecular weight is 285 g/mol. The van der Waals surface area contributed by atoms with Crippen molar-refractivity contribution in [1.29, 1.82) is 0 Å². The van der Waals surface area contributed by atoms with Crippen molar-refractivity contribution in [1.82, 2.24) is 5.32 Å². The third kappa shape index (κ3) is 5.49. The number of ether oxygens (including phenoxy) is 2. The highest BCUT2D eigenvalue weighted by Crippen LogP contribution is 2.21. The van der Waals surface area contributed by atoms with Gasteiger partial charge in [0, 0.05) is 6.42 Å². The van der Waals surface area contributed by atoms with E-state index < -0.39 is 5.41 Å². The fourth-order valence-electron chi connectivity index (χ4n) is 1.89. The molecule has 1 saturated heterocycles. The first-order chi connectivity index (χ1) is 9.47. The second-order valence-electron chi connectivity index (χ2n) is 5.90. The van der Waals surface area contributed by atoms with E-state index in [1.807, 2.05) is 20.8 Å². The minimum absolute atomic E-state index is 0.162. The molecular weight excluding hydrogens is 258 g/mol. The van der Waals surface area contributed by atoms with Crippen molar-refractivity contribution >= 4 is 11.9 Å². The maximum atomic E-state index is 11.7. The van der Waals surface area contributed by atoms with Gasteiger partial charge in [-0.3, -0.25) is 9.59 Å². The van der Waals surface area contributed by atoms with Gasteiger partial charge in [0.15, 0.2) is 0 Å². The minimum Gasteiger partial charge on any atom is -0.465 e. The van der Waals surface area contributed by atoms with E-state index in [0.29, 0.717) is 19.6 Å². The van der Waals surface area contributed by atoms with Gasteiger partial charge in [-0.2, -0.15) is 0 Å². The van der Waals surface area contributed by atoms with Crippen LogP contribution in [0.15, 0.2) is 0 Å². The quantitative estimate of drug-likeness (QED) is 0.573. The topological polar surface area (TPSA) is 64.6 Å². The zero-order valence-electron chi connectivity index (χ0n) is 12.9. The standard InChI is InChI=1S/C15H27NO4/c1-4-15(2,3)14(18)20-11-7-10-19-13(17)12-8-5-6-9-16-12/h12,16H,4-11H2,1-3H3. The third-order valence-electron chi connectivity index (χ3n) is 3.80. The summed E-state index contributed by atoms with van der Waals surface area (Å²) in [5.74, 6) is -0.384. The van der Waals surface area contributed by atoms with Crippen LogP contribution in [0.2, 0.25) is 0 Å². The van der Waals surface area contributed by atoms with Crippen molar-refractivity contribution in [3.05, 3.63) is 0 Å². The monoisotopic (exact) mass is 285 g/mol. The Labute approximate surface area is 121 Å². The van der Waals surface area contributed by atoms with E-state index in [9.17, 15) is 9.59 Å². The molecule has 0 amide bonds. The van der Waals surface area contributed by atoms with Crippen molar-refractivity contribution in [2.75, 3.05) is 19.8 Å². The summed E-state index contributed by atoms with van der Waals surface area (Å²) in [5, 5.41) is 3.15. The molecule has 0 aliphatic carbocycles. The Balaban J connectivity index is 2.10. The number of esters is 2. The van der Waals surface area contributed by atoms with Crippen molar-refractivity contribution in [3.8, 4) is 0 Å². The maximum Gasteiger partial charge on any atom is 0.323 e. The second-order valence-corrected chi connectivity index (χ2v) is 5.90. The fraction of sp³-hybridized carbons (Fsp3) is 0.867. The number of hydrogen-bond donors (Lipinski definition) is 1. The van der Waals surface area contributed by atoms with Gasteiger partial charge in [-0.1, -0.05) is 13.3 Å². The molecule has 0 radical (unpaired) electrons. The lowest BCUT2D eigenvalue weighted by Crippen LogP contribution is -2.41. The van der Waals surface area contributed by atoms with Gasteiger partial charge in [-0.05, 0) is 39.7 Å². The van der Waals surface area contributed by atoms with Crippen LogP contribution < -0.4 is 5.32 Å². The third-order valence-corrected chi connectivity index (χ3v) is 3.80. The Morgan fingerprint density at radius 2 is 1.90 bits per heavy atom. The van der Waals surface area contributed by atoms with E-state index in [1.165, 1.54) is 0 Å². The van der Waals surface area contributed by atoms with Crippen LogP contribution in [0, 0.1) is 5.41 Å². The molecule has 0 aromatic rings. The van der Waals surface area contributed by atoms with E-state index in [0.717, 1.165) is 32.2 Å². The summed E-state index contributed by atoms with van der Waals surface area (Å²) in [5.41, 5.74) is -0.442. The highest BCUT2D eigenvalue weighted by Gasteiger charge is 2.27. The molecule has 0 aromatic heterocycles. The summed E-state index contributed by atoms with van der Waals surface area (Å²) in [6.45, 7) is 7.17. The highest BCUT2D eigenvalue weighted by atomic mass is 16.5. The second kappa shape index (κ2) is 8.25. The number of rotatable bonds is 7. The SMILES string of the molecule is CCC(C)(C)C(=O)OCCCOC(=O)C1CCCCN1. The highest BCUT2D eigenvalue weighted by molar-refractivity contribution is 5.76. The van der Waals surface area contributed by atoms with E-state index >= 15 is 0 Å². The summed E-state index contributed by atoms with van der Waals surface area (Å²) in [4.78, 5) is 23.4. The lowest BCUT2D eigenvalue weighted by atomic mass is 9.91. The van der Waals surface area contributed by atoms with Gasteiger partial charge in [-0.15, -0.1) is 0 Å². The Morgan fingerprint density at radius 1 is 1.20 bits per heavy atom. The summed E-state index contributed by atoms with van der Waals surface area (Å²) in [6.07, 6.45) is 4.32. The van der Waals surface area contributed by atoms with Crippen molar-refractivity contribution in [2.24, 2.45) is 5.41 Å². The zero-order valence-corrected chi connectivity index (χ0v) is 12.9. The van der Waals surface area contributed by atoms with Crippen LogP contribution in [0.25, 0.3) is 0 Å². The lowest BCUT2D eigenvalue weighted by molar-refractivity contribution is -0.155. The largest absolute Gasteiger partial charge is 0.465 e. The number of carbonyl (C=O) groups is 2. The molecule has 1 aliphatic rings. The molecule has 5 nitrogen and oxygen atoms in total. The van der Waals surface area contributed by atoms with Crippen LogP contribution in [0.1, 0.15) is 52.9 Å². The van der Waals surface area contributed by atoms with Crippen LogP contribution in [-0.4, -0.2) is 37.7 Å². The summed E-state index contributed by atoms with van der Waals surface area (Å²) in [6, 6.07) is -0.162. The van der Waals surface area contributed by atoms with Gasteiger partial charge < -0.3 is 14.8 Å². The summed E-state index contributed by atoms with van der Waals surface area (Å²) < 4.78 is 10.4. The van der Waals surface area contributed by atoms with Crippen LogP contribution in [0.3, 0.4) is 0 Å². The van der Waals surface area contributed by atoms with Gasteiger partial charge in [0.2, 0.25) is 0 Å². The van der Waals surface area contributed by atoms with Crippen molar-refractivity contribution in [2.45, 2.75) is 58.9 Å². The number of hydrogen-bond acceptors (Lipinski definition) is 5. The molecule has 5 heteroatoms. The van der Waals surface area contributed by atoms with Gasteiger partial charge in [0.25, 0.3) is 0 Å². The van der Waals surface area contributed by atoms with Gasteiger partial charge in [0.05, 0.1) is 18.6 Å². The minimum atomic E-state index is -0.442. The van der Waals surface area contributed by atoms with Gasteiger partial charge >= 0.3 is 11.9 Å². The first-order valence-electron chi connectivity index (χ1n) is 7.54. The van der Waals surface area contributed by atoms with E-state index in [2.05, 4.69) is 5.32 Å². The molecule has 1 heterocycles. The predicted octanol–water partition coefficient (Wildman–Crippen LogP) is 2.04. The first-order valence-corrected chi connectivity index (χ1v) is 7.54. The van der Waals surface area contributed by atoms with Crippen LogP contribution in [0.4, 0.5) is 0 Å². The van der Waals surface area contributed by atoms with E-state index in [4.69, 9.17) is 9.47 Å². The predicted molar refractivity (Wildman–Crippen MR) is 76.2 cm³/mol. The molecule has 0 bridgehead atoms. The van der Waals surface area contributed by atoms with Gasteiger partial charge in [0.1, 0.15) is 6.04 Å². The lowest BCUT2D eigenvalue weighted by Gasteiger charge is -2.22. The molecule has 1 atom stereocenters. The molecule has 1 rings (SSSR count). The summed E-state index contributed by atoms with van der Waals surface area (Å²) >= 11 is 0. The molecule has 0 aromatic carbocycles. The average Bonchev–Trinajstić information content (AvgIpc) is 2.47. The molecule has 1 fully saturated rings. The molecule has 0 saturated carbocycles. The maximum absolute atomic E-state index is 11.7. The first kappa shape index (κ1) is 17.0. The molecule has 1 aliphatic heterocycles. The molecule has 116 valence electrons. The smallest absolute Gasteiger partial charge is 0.323 e. The number of piperidine rings is 1. The van der Waals surface area contributed by atoms with Crippen molar-refractivity contribution in [3.63, 3.8) is 0 Å². The number of nitrogens with one attached hydrogen (secondary N) is 1. The normalized spacial score (nSPS) is 19.4. The van der Waals surface area contributed by atoms with E-state index in [-0.39, 0.29) is 18.0 Å². The molecule has 0 spiro atoms. The van der Waals surface area contributed by atoms with Crippen molar-refractivity contribution < 1.29 is 19.1 Å². The van der Waals surface area contributed by atoms with Crippen LogP contribution in [0.5, 0.6) is 0 Å². The Morgan fingerprint density at radius 3 is 2.50 bits per heavy atom. The Bertz CT molecular complexity index is 322. The molecule has 1 unspecified atom stereocenters. The molecular formula is C15H27NO4. The Kier molecular flexibility index (Phi) is 6.99. The fourth-order valence-corrected chi connectivity index (χ4v) is 1.89. The molecule has 1 N–H and O–H groups in total. The molecule has 20 heavy (non-hydrogen) atoms.